The normalized spacial score (nSPS) is 19.5. The maximum Gasteiger partial charge on any atom is 0.410 e. The zero-order valence-corrected chi connectivity index (χ0v) is 26.7. The Hall–Kier alpha value is -4.11. The molecule has 2 aromatic heterocycles. The quantitative estimate of drug-likeness (QED) is 0.232. The number of rotatable bonds is 6. The summed E-state index contributed by atoms with van der Waals surface area (Å²) >= 11 is 0. The van der Waals surface area contributed by atoms with Crippen molar-refractivity contribution in [2.75, 3.05) is 13.1 Å². The molecule has 2 aromatic carbocycles. The summed E-state index contributed by atoms with van der Waals surface area (Å²) in [4.78, 5) is 33.5. The molecule has 44 heavy (non-hydrogen) atoms. The van der Waals surface area contributed by atoms with Gasteiger partial charge >= 0.3 is 6.09 Å². The number of nitrogens with one attached hydrogen (secondary N) is 2. The monoisotopic (exact) mass is 596 g/mol. The van der Waals surface area contributed by atoms with Crippen molar-refractivity contribution in [1.82, 2.24) is 29.7 Å². The van der Waals surface area contributed by atoms with Crippen LogP contribution in [0.5, 0.6) is 11.5 Å². The lowest BCUT2D eigenvalue weighted by Crippen LogP contribution is -2.40. The molecule has 9 heteroatoms. The summed E-state index contributed by atoms with van der Waals surface area (Å²) in [5, 5.41) is 0. The molecule has 9 nitrogen and oxygen atoms in total. The summed E-state index contributed by atoms with van der Waals surface area (Å²) in [6, 6.07) is 16.2. The first-order chi connectivity index (χ1) is 20.9. The summed E-state index contributed by atoms with van der Waals surface area (Å²) < 4.78 is 11.9. The Morgan fingerprint density at radius 3 is 2.11 bits per heavy atom. The molecule has 2 saturated heterocycles. The number of ether oxygens (including phenoxy) is 2. The van der Waals surface area contributed by atoms with Gasteiger partial charge in [-0.2, -0.15) is 0 Å². The molecule has 2 aliphatic rings. The number of aromatic amines is 2. The van der Waals surface area contributed by atoms with E-state index in [1.54, 1.807) is 4.90 Å². The van der Waals surface area contributed by atoms with Crippen molar-refractivity contribution in [3.63, 3.8) is 0 Å². The first-order valence-corrected chi connectivity index (χ1v) is 15.7. The van der Waals surface area contributed by atoms with Crippen LogP contribution in [0.1, 0.15) is 91.0 Å². The third-order valence-corrected chi connectivity index (χ3v) is 8.36. The lowest BCUT2D eigenvalue weighted by Gasteiger charge is -2.36. The predicted octanol–water partition coefficient (Wildman–Crippen LogP) is 8.27. The zero-order valence-electron chi connectivity index (χ0n) is 26.7. The summed E-state index contributed by atoms with van der Waals surface area (Å²) in [6.07, 6.45) is 7.54. The van der Waals surface area contributed by atoms with Crippen molar-refractivity contribution in [3.8, 4) is 34.0 Å². The van der Waals surface area contributed by atoms with Crippen molar-refractivity contribution in [2.24, 2.45) is 0 Å². The number of H-pyrrole nitrogens is 2. The van der Waals surface area contributed by atoms with Crippen molar-refractivity contribution < 1.29 is 14.3 Å². The predicted molar refractivity (Wildman–Crippen MR) is 171 cm³/mol. The zero-order chi connectivity index (χ0) is 31.1. The van der Waals surface area contributed by atoms with Gasteiger partial charge in [0.05, 0.1) is 35.9 Å². The largest absolute Gasteiger partial charge is 0.457 e. The summed E-state index contributed by atoms with van der Waals surface area (Å²) in [6.45, 7) is 14.2. The Morgan fingerprint density at radius 2 is 1.43 bits per heavy atom. The van der Waals surface area contributed by atoms with E-state index in [2.05, 4.69) is 52.8 Å². The summed E-state index contributed by atoms with van der Waals surface area (Å²) in [7, 11) is 0. The van der Waals surface area contributed by atoms with E-state index in [9.17, 15) is 4.79 Å². The van der Waals surface area contributed by atoms with Crippen LogP contribution in [0.4, 0.5) is 4.79 Å². The number of amides is 1. The van der Waals surface area contributed by atoms with Gasteiger partial charge in [-0.1, -0.05) is 12.1 Å². The number of hydrogen-bond acceptors (Lipinski definition) is 6. The maximum absolute atomic E-state index is 12.8. The number of hydrogen-bond donors (Lipinski definition) is 2. The van der Waals surface area contributed by atoms with Gasteiger partial charge in [0.15, 0.2) is 0 Å². The highest BCUT2D eigenvalue weighted by atomic mass is 16.6. The molecule has 0 saturated carbocycles. The van der Waals surface area contributed by atoms with E-state index in [0.717, 1.165) is 71.5 Å². The van der Waals surface area contributed by atoms with E-state index >= 15 is 0 Å². The maximum atomic E-state index is 12.8. The van der Waals surface area contributed by atoms with Crippen LogP contribution < -0.4 is 4.74 Å². The molecule has 0 bridgehead atoms. The Bertz CT molecular complexity index is 1590. The van der Waals surface area contributed by atoms with E-state index in [1.165, 1.54) is 6.42 Å². The van der Waals surface area contributed by atoms with Gasteiger partial charge < -0.3 is 19.4 Å². The minimum absolute atomic E-state index is 0.114. The van der Waals surface area contributed by atoms with Gasteiger partial charge in [0.25, 0.3) is 0 Å². The van der Waals surface area contributed by atoms with Crippen LogP contribution >= 0.6 is 0 Å². The first kappa shape index (κ1) is 29.9. The molecule has 4 heterocycles. The number of carbonyl (C=O) groups excluding carboxylic acids is 1. The lowest BCUT2D eigenvalue weighted by molar-refractivity contribution is 0.0218. The van der Waals surface area contributed by atoms with Crippen LogP contribution in [0.3, 0.4) is 0 Å². The molecule has 1 amide bonds. The molecule has 2 fully saturated rings. The van der Waals surface area contributed by atoms with Crippen molar-refractivity contribution >= 4 is 6.09 Å². The first-order valence-electron chi connectivity index (χ1n) is 15.7. The molecule has 4 aromatic rings. The number of likely N-dealkylation sites (tertiary alicyclic amines) is 2. The Labute approximate surface area is 260 Å². The second kappa shape index (κ2) is 11.8. The van der Waals surface area contributed by atoms with E-state index in [-0.39, 0.29) is 17.7 Å². The van der Waals surface area contributed by atoms with Gasteiger partial charge in [-0.3, -0.25) is 9.80 Å². The molecule has 2 N–H and O–H groups in total. The van der Waals surface area contributed by atoms with Gasteiger partial charge in [-0.25, -0.2) is 14.8 Å². The molecule has 0 aliphatic carbocycles. The van der Waals surface area contributed by atoms with E-state index in [4.69, 9.17) is 14.5 Å². The number of carbonyl (C=O) groups is 1. The fraction of sp³-hybridized carbons (Fsp3) is 0.457. The average Bonchev–Trinajstić information content (AvgIpc) is 3.78. The van der Waals surface area contributed by atoms with Gasteiger partial charge in [0.2, 0.25) is 0 Å². The molecule has 2 aliphatic heterocycles. The van der Waals surface area contributed by atoms with E-state index < -0.39 is 5.60 Å². The number of imidazole rings is 2. The smallest absolute Gasteiger partial charge is 0.410 e. The second-order valence-corrected chi connectivity index (χ2v) is 13.9. The van der Waals surface area contributed by atoms with Gasteiger partial charge in [0.1, 0.15) is 28.7 Å². The Morgan fingerprint density at radius 1 is 0.795 bits per heavy atom. The third kappa shape index (κ3) is 6.53. The minimum atomic E-state index is -0.536. The van der Waals surface area contributed by atoms with Crippen LogP contribution in [-0.4, -0.2) is 60.1 Å². The number of aromatic nitrogens is 4. The molecular weight excluding hydrogens is 552 g/mol. The molecule has 0 radical (unpaired) electrons. The highest BCUT2D eigenvalue weighted by Gasteiger charge is 2.36. The van der Waals surface area contributed by atoms with Crippen LogP contribution in [-0.2, 0) is 4.74 Å². The van der Waals surface area contributed by atoms with Gasteiger partial charge in [-0.15, -0.1) is 0 Å². The number of benzene rings is 2. The average molecular weight is 597 g/mol. The fourth-order valence-electron chi connectivity index (χ4n) is 6.32. The van der Waals surface area contributed by atoms with Crippen LogP contribution in [0.25, 0.3) is 22.5 Å². The van der Waals surface area contributed by atoms with E-state index in [0.29, 0.717) is 12.6 Å². The SMILES string of the molecule is CC(C)(C)OC(=O)N1CCC[C@H]1c1ncc(-c2cccc(Oc3ccc(-c4cnc([C@@H]5CCCN5C(C)(C)C)[nH]4)cc3)c2)[nH]1. The summed E-state index contributed by atoms with van der Waals surface area (Å²) in [5.74, 6) is 3.29. The highest BCUT2D eigenvalue weighted by molar-refractivity contribution is 5.69. The van der Waals surface area contributed by atoms with Crippen molar-refractivity contribution in [1.29, 1.82) is 0 Å². The second-order valence-electron chi connectivity index (χ2n) is 13.9. The van der Waals surface area contributed by atoms with Crippen LogP contribution in [0, 0.1) is 0 Å². The molecule has 0 unspecified atom stereocenters. The van der Waals surface area contributed by atoms with Crippen LogP contribution in [0.15, 0.2) is 60.9 Å². The Balaban J connectivity index is 1.12. The summed E-state index contributed by atoms with van der Waals surface area (Å²) in [5.41, 5.74) is 3.49. The lowest BCUT2D eigenvalue weighted by atomic mass is 10.0. The third-order valence-electron chi connectivity index (χ3n) is 8.36. The van der Waals surface area contributed by atoms with Gasteiger partial charge in [-0.05, 0) is 116 Å². The highest BCUT2D eigenvalue weighted by Crippen LogP contribution is 2.37. The van der Waals surface area contributed by atoms with Crippen molar-refractivity contribution in [2.45, 2.75) is 90.4 Å². The van der Waals surface area contributed by atoms with Crippen LogP contribution in [0.2, 0.25) is 0 Å². The fourth-order valence-corrected chi connectivity index (χ4v) is 6.32. The molecule has 0 spiro atoms. The number of nitrogens with zero attached hydrogens (tertiary/aromatic N) is 4. The molecule has 232 valence electrons. The standard InChI is InChI=1S/C35H44N6O3/c1-34(2,3)41-19-9-13-30(41)32-37-21-27(38-32)23-14-16-25(17-15-23)43-26-11-7-10-24(20-26)28-22-36-31(39-28)29-12-8-18-40(29)33(42)44-35(4,5)6/h7,10-11,14-17,20-22,29-30H,8-9,12-13,18-19H2,1-6H3,(H,36,39)(H,37,38)/t29-,30-/m0/s1. The van der Waals surface area contributed by atoms with Crippen molar-refractivity contribution in [3.05, 3.63) is 72.6 Å². The molecule has 6 rings (SSSR count). The molecular formula is C35H44N6O3. The van der Waals surface area contributed by atoms with E-state index in [1.807, 2.05) is 69.6 Å². The Kier molecular flexibility index (Phi) is 8.01. The minimum Gasteiger partial charge on any atom is -0.457 e. The van der Waals surface area contributed by atoms with Gasteiger partial charge in [0, 0.05) is 17.6 Å². The topological polar surface area (TPSA) is 99.4 Å². The molecule has 2 atom stereocenters.